The van der Waals surface area contributed by atoms with E-state index in [0.717, 1.165) is 4.70 Å². The van der Waals surface area contributed by atoms with Crippen molar-refractivity contribution in [2.75, 3.05) is 7.11 Å². The number of halogens is 1. The lowest BCUT2D eigenvalue weighted by Gasteiger charge is -2.06. The molecule has 1 aromatic heterocycles. The molecular formula is C10H9FO2S. The van der Waals surface area contributed by atoms with Crippen LogP contribution in [0.25, 0.3) is 10.1 Å². The van der Waals surface area contributed by atoms with Gasteiger partial charge in [-0.2, -0.15) is 0 Å². The van der Waals surface area contributed by atoms with Gasteiger partial charge in [0.2, 0.25) is 0 Å². The molecule has 0 bridgehead atoms. The lowest BCUT2D eigenvalue weighted by molar-refractivity contribution is 0.275. The molecule has 0 saturated carbocycles. The van der Waals surface area contributed by atoms with E-state index in [1.54, 1.807) is 11.4 Å². The third-order valence-corrected chi connectivity index (χ3v) is 3.03. The normalized spacial score (nSPS) is 10.8. The number of hydrogen-bond donors (Lipinski definition) is 1. The molecule has 2 rings (SSSR count). The van der Waals surface area contributed by atoms with Crippen molar-refractivity contribution >= 4 is 21.4 Å². The van der Waals surface area contributed by atoms with Crippen LogP contribution in [0.1, 0.15) is 5.56 Å². The van der Waals surface area contributed by atoms with Gasteiger partial charge in [-0.15, -0.1) is 11.3 Å². The average Bonchev–Trinajstić information content (AvgIpc) is 2.68. The number of hydrogen-bond acceptors (Lipinski definition) is 3. The molecule has 0 aliphatic carbocycles. The van der Waals surface area contributed by atoms with E-state index in [4.69, 9.17) is 9.84 Å². The molecule has 0 aliphatic heterocycles. The van der Waals surface area contributed by atoms with Gasteiger partial charge in [0.05, 0.1) is 18.4 Å². The molecule has 0 atom stereocenters. The summed E-state index contributed by atoms with van der Waals surface area (Å²) in [4.78, 5) is 0. The SMILES string of the molecule is COc1cc(CO)c(F)c2ccsc12. The Labute approximate surface area is 84.6 Å². The molecule has 0 saturated heterocycles. The van der Waals surface area contributed by atoms with E-state index in [9.17, 15) is 4.39 Å². The van der Waals surface area contributed by atoms with Gasteiger partial charge in [-0.3, -0.25) is 0 Å². The molecule has 0 spiro atoms. The van der Waals surface area contributed by atoms with Crippen LogP contribution in [0.5, 0.6) is 5.75 Å². The minimum atomic E-state index is -0.357. The molecule has 1 heterocycles. The maximum absolute atomic E-state index is 13.6. The predicted molar refractivity (Wildman–Crippen MR) is 54.3 cm³/mol. The van der Waals surface area contributed by atoms with Crippen molar-refractivity contribution in [3.05, 3.63) is 28.9 Å². The third kappa shape index (κ3) is 1.27. The van der Waals surface area contributed by atoms with Crippen molar-refractivity contribution < 1.29 is 14.2 Å². The van der Waals surface area contributed by atoms with Gasteiger partial charge in [-0.1, -0.05) is 0 Å². The summed E-state index contributed by atoms with van der Waals surface area (Å²) in [6.45, 7) is -0.312. The van der Waals surface area contributed by atoms with E-state index in [2.05, 4.69) is 0 Å². The zero-order valence-electron chi connectivity index (χ0n) is 7.58. The maximum atomic E-state index is 13.6. The van der Waals surface area contributed by atoms with Crippen LogP contribution in [0.2, 0.25) is 0 Å². The average molecular weight is 212 g/mol. The van der Waals surface area contributed by atoms with Gasteiger partial charge >= 0.3 is 0 Å². The van der Waals surface area contributed by atoms with E-state index in [1.165, 1.54) is 24.5 Å². The lowest BCUT2D eigenvalue weighted by atomic mass is 10.1. The zero-order valence-corrected chi connectivity index (χ0v) is 8.40. The summed E-state index contributed by atoms with van der Waals surface area (Å²) in [5.41, 5.74) is 0.271. The topological polar surface area (TPSA) is 29.5 Å². The summed E-state index contributed by atoms with van der Waals surface area (Å²) < 4.78 is 19.5. The molecule has 1 N–H and O–H groups in total. The molecule has 2 aromatic rings. The molecule has 14 heavy (non-hydrogen) atoms. The number of aliphatic hydroxyl groups excluding tert-OH is 1. The van der Waals surface area contributed by atoms with Crippen LogP contribution in [0, 0.1) is 5.82 Å². The number of thiophene rings is 1. The Balaban J connectivity index is 2.80. The number of aliphatic hydroxyl groups is 1. The number of ether oxygens (including phenoxy) is 1. The van der Waals surface area contributed by atoms with Crippen LogP contribution in [-0.2, 0) is 6.61 Å². The van der Waals surface area contributed by atoms with Gasteiger partial charge in [-0.25, -0.2) is 4.39 Å². The van der Waals surface area contributed by atoms with Crippen molar-refractivity contribution in [3.63, 3.8) is 0 Å². The van der Waals surface area contributed by atoms with E-state index < -0.39 is 0 Å². The first-order valence-corrected chi connectivity index (χ1v) is 4.99. The molecule has 0 unspecified atom stereocenters. The fourth-order valence-electron chi connectivity index (χ4n) is 1.40. The summed E-state index contributed by atoms with van der Waals surface area (Å²) in [6.07, 6.45) is 0. The standard InChI is InChI=1S/C10H9FO2S/c1-13-8-4-6(5-12)9(11)7-2-3-14-10(7)8/h2-4,12H,5H2,1H3. The van der Waals surface area contributed by atoms with E-state index in [-0.39, 0.29) is 18.0 Å². The number of benzene rings is 1. The molecule has 0 aliphatic rings. The number of methoxy groups -OCH3 is 1. The summed E-state index contributed by atoms with van der Waals surface area (Å²) in [7, 11) is 1.54. The van der Waals surface area contributed by atoms with Gasteiger partial charge in [-0.05, 0) is 17.5 Å². The highest BCUT2D eigenvalue weighted by atomic mass is 32.1. The monoisotopic (exact) mass is 212 g/mol. The molecule has 74 valence electrons. The fraction of sp³-hybridized carbons (Fsp3) is 0.200. The van der Waals surface area contributed by atoms with Crippen molar-refractivity contribution in [1.29, 1.82) is 0 Å². The van der Waals surface area contributed by atoms with Crippen LogP contribution in [0.4, 0.5) is 4.39 Å². The van der Waals surface area contributed by atoms with Gasteiger partial charge in [0.15, 0.2) is 0 Å². The van der Waals surface area contributed by atoms with Crippen molar-refractivity contribution in [3.8, 4) is 5.75 Å². The highest BCUT2D eigenvalue weighted by molar-refractivity contribution is 7.17. The van der Waals surface area contributed by atoms with Crippen LogP contribution < -0.4 is 4.74 Å². The highest BCUT2D eigenvalue weighted by Gasteiger charge is 2.12. The zero-order chi connectivity index (χ0) is 10.1. The van der Waals surface area contributed by atoms with Gasteiger partial charge < -0.3 is 9.84 Å². The molecule has 0 radical (unpaired) electrons. The highest BCUT2D eigenvalue weighted by Crippen LogP contribution is 2.34. The van der Waals surface area contributed by atoms with E-state index in [0.29, 0.717) is 11.1 Å². The minimum Gasteiger partial charge on any atom is -0.495 e. The first-order chi connectivity index (χ1) is 6.77. The lowest BCUT2D eigenvalue weighted by Crippen LogP contribution is -1.93. The van der Waals surface area contributed by atoms with Crippen LogP contribution in [0.3, 0.4) is 0 Å². The van der Waals surface area contributed by atoms with Crippen LogP contribution in [-0.4, -0.2) is 12.2 Å². The van der Waals surface area contributed by atoms with Crippen LogP contribution in [0.15, 0.2) is 17.5 Å². The third-order valence-electron chi connectivity index (χ3n) is 2.10. The summed E-state index contributed by atoms with van der Waals surface area (Å²) in [6, 6.07) is 3.23. The van der Waals surface area contributed by atoms with Crippen molar-refractivity contribution in [1.82, 2.24) is 0 Å². The Kier molecular flexibility index (Phi) is 2.39. The van der Waals surface area contributed by atoms with Crippen molar-refractivity contribution in [2.45, 2.75) is 6.61 Å². The Morgan fingerprint density at radius 2 is 2.36 bits per heavy atom. The second-order valence-corrected chi connectivity index (χ2v) is 3.79. The number of rotatable bonds is 2. The molecule has 0 fully saturated rings. The van der Waals surface area contributed by atoms with Crippen LogP contribution >= 0.6 is 11.3 Å². The molecule has 1 aromatic carbocycles. The van der Waals surface area contributed by atoms with E-state index in [1.807, 2.05) is 0 Å². The molecule has 0 amide bonds. The first kappa shape index (κ1) is 9.43. The second-order valence-electron chi connectivity index (χ2n) is 2.87. The predicted octanol–water partition coefficient (Wildman–Crippen LogP) is 2.54. The Morgan fingerprint density at radius 1 is 1.57 bits per heavy atom. The fourth-order valence-corrected chi connectivity index (χ4v) is 2.28. The summed E-state index contributed by atoms with van der Waals surface area (Å²) in [5, 5.41) is 11.3. The maximum Gasteiger partial charge on any atom is 0.137 e. The molecule has 2 nitrogen and oxygen atoms in total. The summed E-state index contributed by atoms with van der Waals surface area (Å²) in [5.74, 6) is 0.255. The van der Waals surface area contributed by atoms with Crippen molar-refractivity contribution in [2.24, 2.45) is 0 Å². The smallest absolute Gasteiger partial charge is 0.137 e. The largest absolute Gasteiger partial charge is 0.495 e. The Morgan fingerprint density at radius 3 is 3.00 bits per heavy atom. The Bertz CT molecular complexity index is 464. The molecule has 4 heteroatoms. The summed E-state index contributed by atoms with van der Waals surface area (Å²) >= 11 is 1.43. The number of fused-ring (bicyclic) bond motifs is 1. The van der Waals surface area contributed by atoms with E-state index >= 15 is 0 Å². The first-order valence-electron chi connectivity index (χ1n) is 4.11. The minimum absolute atomic E-state index is 0.271. The molecular weight excluding hydrogens is 203 g/mol. The van der Waals surface area contributed by atoms with Gasteiger partial charge in [0.25, 0.3) is 0 Å². The second kappa shape index (κ2) is 3.55. The van der Waals surface area contributed by atoms with Gasteiger partial charge in [0, 0.05) is 10.9 Å². The van der Waals surface area contributed by atoms with Gasteiger partial charge in [0.1, 0.15) is 11.6 Å². The quantitative estimate of drug-likeness (QED) is 0.829. The Hall–Kier alpha value is -1.13.